The van der Waals surface area contributed by atoms with Gasteiger partial charge in [-0.3, -0.25) is 39.1 Å². The molecule has 9 rings (SSSR count). The van der Waals surface area contributed by atoms with Gasteiger partial charge in [-0.25, -0.2) is 0 Å². The molecule has 2 saturated carbocycles. The molecule has 4 aliphatic heterocycles. The van der Waals surface area contributed by atoms with Gasteiger partial charge in [-0.15, -0.1) is 0 Å². The first-order valence-corrected chi connectivity index (χ1v) is 20.4. The van der Waals surface area contributed by atoms with E-state index in [1.165, 1.54) is 0 Å². The lowest BCUT2D eigenvalue weighted by Gasteiger charge is -2.34. The van der Waals surface area contributed by atoms with Crippen LogP contribution in [0.15, 0.2) is 48.5 Å². The van der Waals surface area contributed by atoms with Gasteiger partial charge in [0.2, 0.25) is 11.8 Å². The summed E-state index contributed by atoms with van der Waals surface area (Å²) >= 11 is 6.19. The van der Waals surface area contributed by atoms with Gasteiger partial charge >= 0.3 is 0 Å². The molecule has 0 spiro atoms. The number of imide groups is 2. The fourth-order valence-electron chi connectivity index (χ4n) is 9.65. The molecule has 5 amide bonds. The molecule has 2 aliphatic carbocycles. The summed E-state index contributed by atoms with van der Waals surface area (Å²) in [7, 11) is 0. The summed E-state index contributed by atoms with van der Waals surface area (Å²) in [5, 5.41) is 11.8. The Hall–Kier alpha value is -5.49. The molecule has 12 heteroatoms. The fourth-order valence-corrected chi connectivity index (χ4v) is 9.86. The summed E-state index contributed by atoms with van der Waals surface area (Å²) < 4.78 is 6.17. The number of carbonyl (C=O) groups excluding carboxylic acids is 5. The molecule has 1 atom stereocenters. The van der Waals surface area contributed by atoms with E-state index in [0.717, 1.165) is 90.6 Å². The molecule has 6 aliphatic rings. The number of nitriles is 1. The van der Waals surface area contributed by atoms with E-state index in [1.54, 1.807) is 18.2 Å². The van der Waals surface area contributed by atoms with E-state index in [-0.39, 0.29) is 36.8 Å². The van der Waals surface area contributed by atoms with Crippen LogP contribution in [-0.2, 0) is 29.2 Å². The van der Waals surface area contributed by atoms with E-state index < -0.39 is 23.8 Å². The van der Waals surface area contributed by atoms with Crippen LogP contribution in [-0.4, -0.2) is 69.0 Å². The molecule has 57 heavy (non-hydrogen) atoms. The Labute approximate surface area is 336 Å². The van der Waals surface area contributed by atoms with Crippen molar-refractivity contribution in [2.45, 2.75) is 102 Å². The maximum Gasteiger partial charge on any atom is 0.262 e. The van der Waals surface area contributed by atoms with Crippen molar-refractivity contribution in [1.82, 2.24) is 20.0 Å². The smallest absolute Gasteiger partial charge is 0.262 e. The molecule has 3 aromatic rings. The number of fused-ring (bicyclic) bond motifs is 3. The number of hydrogen-bond donors (Lipinski definition) is 1. The minimum absolute atomic E-state index is 0.0462. The summed E-state index contributed by atoms with van der Waals surface area (Å²) in [4.78, 5) is 69.5. The van der Waals surface area contributed by atoms with E-state index in [9.17, 15) is 24.0 Å². The molecule has 3 fully saturated rings. The molecule has 0 radical (unpaired) electrons. The first kappa shape index (κ1) is 37.1. The molecule has 11 nitrogen and oxygen atoms in total. The SMILES string of the molecule is N#Cc1ccc(O[C@H]2CC[C@H](N3Cc4cc(C#C[C@H]5CC[C@H](CN6Cc7cc8c(cc7C6)C(=O)N(C6CCC(=O)NC6=O)C8=O)CC5)ccc4C3=O)CC2)cc1Cl. The van der Waals surface area contributed by atoms with Crippen LogP contribution in [0.5, 0.6) is 5.75 Å². The highest BCUT2D eigenvalue weighted by molar-refractivity contribution is 6.31. The van der Waals surface area contributed by atoms with E-state index >= 15 is 0 Å². The summed E-state index contributed by atoms with van der Waals surface area (Å²) in [6, 6.07) is 16.1. The first-order chi connectivity index (χ1) is 27.6. The fraction of sp³-hybridized carbons (Fsp3) is 0.422. The number of amides is 5. The van der Waals surface area contributed by atoms with E-state index in [4.69, 9.17) is 21.6 Å². The highest BCUT2D eigenvalue weighted by Crippen LogP contribution is 2.37. The number of carbonyl (C=O) groups is 5. The van der Waals surface area contributed by atoms with E-state index in [0.29, 0.717) is 58.9 Å². The highest BCUT2D eigenvalue weighted by atomic mass is 35.5. The van der Waals surface area contributed by atoms with Crippen molar-refractivity contribution in [1.29, 1.82) is 5.26 Å². The largest absolute Gasteiger partial charge is 0.490 e. The van der Waals surface area contributed by atoms with Crippen molar-refractivity contribution in [2.24, 2.45) is 11.8 Å². The average molecular weight is 784 g/mol. The molecule has 1 N–H and O–H groups in total. The quantitative estimate of drug-likeness (QED) is 0.233. The second-order valence-electron chi connectivity index (χ2n) is 16.4. The van der Waals surface area contributed by atoms with Crippen LogP contribution in [0.3, 0.4) is 0 Å². The topological polar surface area (TPSA) is 140 Å². The molecule has 4 heterocycles. The molecular formula is C45H42ClN5O6. The second kappa shape index (κ2) is 15.1. The number of ether oxygens (including phenoxy) is 1. The standard InChI is InChI=1S/C45H42ClN5O6/c46-39-20-35(11-8-29(39)21-47)57-34-12-9-33(10-13-34)50-25-32-17-27(7-14-36(32)43(50)54)4-1-26-2-5-28(6-3-26)22-49-23-30-18-37-38(19-31(30)24-49)45(56)51(44(37)55)40-15-16-41(52)48-42(40)53/h7-8,11,14,17-20,26,28,33-34,40H,2-3,5-6,9-10,12-13,15-16,22-25H2,(H,48,52,53)/t26-,28-,33-,34-,40?. The Kier molecular flexibility index (Phi) is 9.84. The Bertz CT molecular complexity index is 2280. The van der Waals surface area contributed by atoms with Gasteiger partial charge in [0.25, 0.3) is 17.7 Å². The van der Waals surface area contributed by atoms with Crippen LogP contribution in [0.25, 0.3) is 0 Å². The number of hydrogen-bond acceptors (Lipinski definition) is 8. The lowest BCUT2D eigenvalue weighted by atomic mass is 9.82. The van der Waals surface area contributed by atoms with Crippen molar-refractivity contribution in [3.05, 3.63) is 98.1 Å². The van der Waals surface area contributed by atoms with Crippen molar-refractivity contribution in [2.75, 3.05) is 6.54 Å². The van der Waals surface area contributed by atoms with E-state index in [1.807, 2.05) is 29.2 Å². The number of halogens is 1. The Morgan fingerprint density at radius 1 is 0.754 bits per heavy atom. The first-order valence-electron chi connectivity index (χ1n) is 20.0. The highest BCUT2D eigenvalue weighted by Gasteiger charge is 2.45. The molecule has 0 aromatic heterocycles. The molecule has 290 valence electrons. The van der Waals surface area contributed by atoms with Gasteiger partial charge in [0.1, 0.15) is 17.9 Å². The van der Waals surface area contributed by atoms with E-state index in [2.05, 4.69) is 34.2 Å². The molecule has 3 aromatic carbocycles. The maximum absolute atomic E-state index is 13.4. The van der Waals surface area contributed by atoms with Crippen molar-refractivity contribution in [3.63, 3.8) is 0 Å². The third kappa shape index (κ3) is 7.20. The van der Waals surface area contributed by atoms with Crippen LogP contribution in [0.4, 0.5) is 0 Å². The predicted octanol–water partition coefficient (Wildman–Crippen LogP) is 6.13. The Morgan fingerprint density at radius 2 is 1.47 bits per heavy atom. The molecular weight excluding hydrogens is 742 g/mol. The van der Waals surface area contributed by atoms with Crippen LogP contribution in [0.2, 0.25) is 5.02 Å². The number of piperidine rings is 1. The minimum atomic E-state index is -0.959. The van der Waals surface area contributed by atoms with Crippen molar-refractivity contribution >= 4 is 41.1 Å². The third-order valence-electron chi connectivity index (χ3n) is 12.7. The zero-order valence-electron chi connectivity index (χ0n) is 31.5. The molecule has 0 bridgehead atoms. The lowest BCUT2D eigenvalue weighted by molar-refractivity contribution is -0.136. The Morgan fingerprint density at radius 3 is 2.14 bits per heavy atom. The number of nitrogens with zero attached hydrogens (tertiary/aromatic N) is 4. The van der Waals surface area contributed by atoms with Crippen LogP contribution < -0.4 is 10.1 Å². The van der Waals surface area contributed by atoms with Crippen molar-refractivity contribution in [3.8, 4) is 23.7 Å². The summed E-state index contributed by atoms with van der Waals surface area (Å²) in [5.74, 6) is 6.67. The van der Waals surface area contributed by atoms with Gasteiger partial charge < -0.3 is 9.64 Å². The van der Waals surface area contributed by atoms with Gasteiger partial charge in [0.15, 0.2) is 0 Å². The number of nitrogens with one attached hydrogen (secondary N) is 1. The van der Waals surface area contributed by atoms with Gasteiger partial charge in [0, 0.05) is 61.8 Å². The second-order valence-corrected chi connectivity index (χ2v) is 16.8. The maximum atomic E-state index is 13.4. The molecule has 1 unspecified atom stereocenters. The van der Waals surface area contributed by atoms with Gasteiger partial charge in [-0.1, -0.05) is 23.4 Å². The summed E-state index contributed by atoms with van der Waals surface area (Å²) in [6.45, 7) is 2.98. The normalized spacial score (nSPS) is 25.7. The predicted molar refractivity (Wildman–Crippen MR) is 209 cm³/mol. The number of rotatable bonds is 6. The lowest BCUT2D eigenvalue weighted by Crippen LogP contribution is -2.54. The van der Waals surface area contributed by atoms with Crippen LogP contribution >= 0.6 is 11.6 Å². The van der Waals surface area contributed by atoms with Crippen molar-refractivity contribution < 1.29 is 28.7 Å². The summed E-state index contributed by atoms with van der Waals surface area (Å²) in [5.41, 5.74) is 5.96. The number of benzene rings is 3. The Balaban J connectivity index is 0.743. The summed E-state index contributed by atoms with van der Waals surface area (Å²) in [6.07, 6.45) is 7.95. The van der Waals surface area contributed by atoms with Gasteiger partial charge in [0.05, 0.1) is 27.8 Å². The zero-order chi connectivity index (χ0) is 39.4. The third-order valence-corrected chi connectivity index (χ3v) is 13.0. The molecule has 1 saturated heterocycles. The van der Waals surface area contributed by atoms with Gasteiger partial charge in [-0.05, 0) is 123 Å². The average Bonchev–Trinajstić information content (AvgIpc) is 3.83. The van der Waals surface area contributed by atoms with Crippen LogP contribution in [0, 0.1) is 35.0 Å². The van der Waals surface area contributed by atoms with Gasteiger partial charge in [-0.2, -0.15) is 5.26 Å². The minimum Gasteiger partial charge on any atom is -0.490 e. The monoisotopic (exact) mass is 783 g/mol. The zero-order valence-corrected chi connectivity index (χ0v) is 32.3. The van der Waals surface area contributed by atoms with Crippen LogP contribution in [0.1, 0.15) is 123 Å².